The van der Waals surface area contributed by atoms with Crippen molar-refractivity contribution in [2.75, 3.05) is 5.32 Å². The molecule has 2 aromatic carbocycles. The Bertz CT molecular complexity index is 1190. The molecule has 0 unspecified atom stereocenters. The van der Waals surface area contributed by atoms with E-state index in [1.165, 1.54) is 12.3 Å². The summed E-state index contributed by atoms with van der Waals surface area (Å²) in [5.41, 5.74) is 1.19. The van der Waals surface area contributed by atoms with Gasteiger partial charge in [0, 0.05) is 21.1 Å². The van der Waals surface area contributed by atoms with Crippen LogP contribution in [0.5, 0.6) is 5.75 Å². The Morgan fingerprint density at radius 2 is 1.97 bits per heavy atom. The molecule has 1 amide bonds. The summed E-state index contributed by atoms with van der Waals surface area (Å²) in [4.78, 5) is 12.5. The van der Waals surface area contributed by atoms with Gasteiger partial charge in [0.05, 0.1) is 23.1 Å². The van der Waals surface area contributed by atoms with E-state index in [9.17, 15) is 4.79 Å². The smallest absolute Gasteiger partial charge is 0.277 e. The van der Waals surface area contributed by atoms with Crippen LogP contribution in [0.1, 0.15) is 10.5 Å². The molecular weight excluding hydrogens is 495 g/mol. The van der Waals surface area contributed by atoms with E-state index in [1.54, 1.807) is 29.1 Å². The number of nitrogens with one attached hydrogen (secondary N) is 1. The maximum atomic E-state index is 12.5. The number of benzene rings is 2. The first-order valence-electron chi connectivity index (χ1n) is 8.62. The van der Waals surface area contributed by atoms with Gasteiger partial charge in [0.1, 0.15) is 5.75 Å². The van der Waals surface area contributed by atoms with Crippen LogP contribution in [0.15, 0.2) is 69.9 Å². The second-order valence-corrected chi connectivity index (χ2v) is 7.91. The zero-order valence-electron chi connectivity index (χ0n) is 15.2. The fourth-order valence-electron chi connectivity index (χ4n) is 2.56. The maximum absolute atomic E-state index is 12.5. The molecule has 7 nitrogen and oxygen atoms in total. The molecule has 4 aromatic rings. The van der Waals surface area contributed by atoms with Crippen LogP contribution in [0.2, 0.25) is 10.0 Å². The summed E-state index contributed by atoms with van der Waals surface area (Å²) in [6.45, 7) is 0.195. The third-order valence-corrected chi connectivity index (χ3v) is 5.08. The second kappa shape index (κ2) is 8.91. The first-order valence-corrected chi connectivity index (χ1v) is 10.2. The van der Waals surface area contributed by atoms with Crippen LogP contribution in [0, 0.1) is 0 Å². The summed E-state index contributed by atoms with van der Waals surface area (Å²) >= 11 is 15.4. The lowest BCUT2D eigenvalue weighted by molar-refractivity contribution is 0.101. The fourth-order valence-corrected chi connectivity index (χ4v) is 3.33. The zero-order valence-corrected chi connectivity index (χ0v) is 18.3. The molecule has 0 bridgehead atoms. The van der Waals surface area contributed by atoms with Gasteiger partial charge in [0.15, 0.2) is 18.2 Å². The third-order valence-electron chi connectivity index (χ3n) is 4.01. The van der Waals surface area contributed by atoms with Crippen LogP contribution in [-0.4, -0.2) is 20.8 Å². The first kappa shape index (κ1) is 20.5. The van der Waals surface area contributed by atoms with Gasteiger partial charge in [0.25, 0.3) is 5.91 Å². The summed E-state index contributed by atoms with van der Waals surface area (Å²) in [6, 6.07) is 13.9. The average Bonchev–Trinajstić information content (AvgIpc) is 3.37. The van der Waals surface area contributed by atoms with Crippen LogP contribution in [0.4, 0.5) is 5.69 Å². The van der Waals surface area contributed by atoms with Crippen molar-refractivity contribution in [3.8, 4) is 17.1 Å². The highest BCUT2D eigenvalue weighted by Gasteiger charge is 2.16. The van der Waals surface area contributed by atoms with E-state index in [1.807, 2.05) is 24.3 Å². The van der Waals surface area contributed by atoms with Gasteiger partial charge in [-0.2, -0.15) is 5.10 Å². The molecule has 0 aliphatic carbocycles. The molecular formula is C20H13BrCl2N4O3. The van der Waals surface area contributed by atoms with Crippen molar-refractivity contribution in [3.05, 3.63) is 81.1 Å². The summed E-state index contributed by atoms with van der Waals surface area (Å²) in [7, 11) is 0. The molecule has 0 atom stereocenters. The van der Waals surface area contributed by atoms with Crippen molar-refractivity contribution in [1.82, 2.24) is 14.9 Å². The van der Waals surface area contributed by atoms with Gasteiger partial charge < -0.3 is 14.6 Å². The topological polar surface area (TPSA) is 82.2 Å². The van der Waals surface area contributed by atoms with Gasteiger partial charge in [0.2, 0.25) is 0 Å². The summed E-state index contributed by atoms with van der Waals surface area (Å²) in [5, 5.41) is 11.6. The predicted octanol–water partition coefficient (Wildman–Crippen LogP) is 5.90. The van der Waals surface area contributed by atoms with E-state index in [-0.39, 0.29) is 12.4 Å². The molecule has 2 aromatic heterocycles. The number of amides is 1. The Labute approximate surface area is 189 Å². The highest BCUT2D eigenvalue weighted by atomic mass is 79.9. The van der Waals surface area contributed by atoms with Crippen molar-refractivity contribution < 1.29 is 14.1 Å². The number of ether oxygens (including phenoxy) is 1. The molecule has 30 heavy (non-hydrogen) atoms. The lowest BCUT2D eigenvalue weighted by atomic mass is 10.1. The van der Waals surface area contributed by atoms with Crippen molar-refractivity contribution in [1.29, 1.82) is 0 Å². The minimum atomic E-state index is -0.441. The van der Waals surface area contributed by atoms with E-state index in [4.69, 9.17) is 32.5 Å². The van der Waals surface area contributed by atoms with Crippen molar-refractivity contribution >= 4 is 50.7 Å². The third kappa shape index (κ3) is 4.84. The summed E-state index contributed by atoms with van der Waals surface area (Å²) in [5.74, 6) is 0.624. The molecule has 0 spiro atoms. The largest absolute Gasteiger partial charge is 0.471 e. The van der Waals surface area contributed by atoms with Crippen molar-refractivity contribution in [3.63, 3.8) is 0 Å². The maximum Gasteiger partial charge on any atom is 0.277 e. The van der Waals surface area contributed by atoms with Crippen LogP contribution in [-0.2, 0) is 6.73 Å². The number of nitrogens with zero attached hydrogens (tertiary/aromatic N) is 3. The highest BCUT2D eigenvalue weighted by Crippen LogP contribution is 2.30. The van der Waals surface area contributed by atoms with E-state index in [0.29, 0.717) is 32.8 Å². The fraction of sp³-hybridized carbons (Fsp3) is 0.0500. The highest BCUT2D eigenvalue weighted by molar-refractivity contribution is 9.10. The normalized spacial score (nSPS) is 10.8. The van der Waals surface area contributed by atoms with E-state index in [0.717, 1.165) is 4.47 Å². The van der Waals surface area contributed by atoms with E-state index < -0.39 is 5.91 Å². The molecule has 4 rings (SSSR count). The van der Waals surface area contributed by atoms with Gasteiger partial charge in [-0.25, -0.2) is 4.68 Å². The molecule has 10 heteroatoms. The lowest BCUT2D eigenvalue weighted by Gasteiger charge is -2.05. The summed E-state index contributed by atoms with van der Waals surface area (Å²) in [6.07, 6.45) is 3.16. The Kier molecular flexibility index (Phi) is 6.08. The molecule has 1 N–H and O–H groups in total. The van der Waals surface area contributed by atoms with Gasteiger partial charge in [-0.1, -0.05) is 44.3 Å². The van der Waals surface area contributed by atoms with Crippen LogP contribution < -0.4 is 10.1 Å². The summed E-state index contributed by atoms with van der Waals surface area (Å²) < 4.78 is 13.4. The molecule has 0 saturated heterocycles. The first-order chi connectivity index (χ1) is 14.5. The van der Waals surface area contributed by atoms with Crippen LogP contribution >= 0.6 is 39.1 Å². The number of carbonyl (C=O) groups is 1. The van der Waals surface area contributed by atoms with Gasteiger partial charge in [-0.05, 0) is 42.5 Å². The minimum absolute atomic E-state index is 0.106. The SMILES string of the molecule is O=C(Nc1cnn(COc2ccc(Br)cc2)c1)c1cc(-c2ccc(Cl)cc2Cl)on1. The zero-order chi connectivity index (χ0) is 21.1. The van der Waals surface area contributed by atoms with E-state index >= 15 is 0 Å². The predicted molar refractivity (Wildman–Crippen MR) is 117 cm³/mol. The Balaban J connectivity index is 1.38. The number of hydrogen-bond acceptors (Lipinski definition) is 5. The number of hydrogen-bond donors (Lipinski definition) is 1. The molecule has 0 aliphatic rings. The van der Waals surface area contributed by atoms with Gasteiger partial charge in [-0.3, -0.25) is 4.79 Å². The average molecular weight is 508 g/mol. The quantitative estimate of drug-likeness (QED) is 0.351. The van der Waals surface area contributed by atoms with Crippen molar-refractivity contribution in [2.45, 2.75) is 6.73 Å². The van der Waals surface area contributed by atoms with Gasteiger partial charge in [-0.15, -0.1) is 0 Å². The molecule has 0 saturated carbocycles. The van der Waals surface area contributed by atoms with Crippen molar-refractivity contribution in [2.24, 2.45) is 0 Å². The Morgan fingerprint density at radius 3 is 2.73 bits per heavy atom. The monoisotopic (exact) mass is 506 g/mol. The lowest BCUT2D eigenvalue weighted by Crippen LogP contribution is -2.11. The number of carbonyl (C=O) groups excluding carboxylic acids is 1. The molecule has 2 heterocycles. The number of halogens is 3. The minimum Gasteiger partial charge on any atom is -0.471 e. The molecule has 0 fully saturated rings. The molecule has 0 aliphatic heterocycles. The van der Waals surface area contributed by atoms with Crippen LogP contribution in [0.3, 0.4) is 0 Å². The second-order valence-electron chi connectivity index (χ2n) is 6.15. The van der Waals surface area contributed by atoms with E-state index in [2.05, 4.69) is 31.5 Å². The number of rotatable bonds is 6. The standard InChI is InChI=1S/C20H13BrCl2N4O3/c21-12-1-4-15(5-2-12)29-11-27-10-14(9-24-27)25-20(28)18-8-19(30-26-18)16-6-3-13(22)7-17(16)23/h1-10H,11H2,(H,25,28). The van der Waals surface area contributed by atoms with Crippen LogP contribution in [0.25, 0.3) is 11.3 Å². The number of anilines is 1. The molecule has 0 radical (unpaired) electrons. The van der Waals surface area contributed by atoms with Gasteiger partial charge >= 0.3 is 0 Å². The number of aromatic nitrogens is 3. The molecule has 152 valence electrons. The Morgan fingerprint density at radius 1 is 1.17 bits per heavy atom. The Hall–Kier alpha value is -2.81.